The first-order valence-corrected chi connectivity index (χ1v) is 7.30. The van der Waals surface area contributed by atoms with E-state index in [9.17, 15) is 0 Å². The minimum atomic E-state index is 0.709. The van der Waals surface area contributed by atoms with Crippen molar-refractivity contribution in [1.29, 1.82) is 0 Å². The van der Waals surface area contributed by atoms with Crippen LogP contribution in [0.5, 0.6) is 0 Å². The van der Waals surface area contributed by atoms with E-state index < -0.39 is 0 Å². The molecule has 0 aliphatic carbocycles. The molecule has 1 aliphatic rings. The molecule has 2 atom stereocenters. The lowest BCUT2D eigenvalue weighted by Crippen LogP contribution is -2.25. The van der Waals surface area contributed by atoms with E-state index in [4.69, 9.17) is 5.73 Å². The van der Waals surface area contributed by atoms with Crippen LogP contribution in [0.4, 0.5) is 0 Å². The van der Waals surface area contributed by atoms with Crippen LogP contribution >= 0.6 is 0 Å². The van der Waals surface area contributed by atoms with Crippen LogP contribution in [0.15, 0.2) is 30.3 Å². The van der Waals surface area contributed by atoms with Gasteiger partial charge in [0.25, 0.3) is 0 Å². The molecule has 1 aliphatic heterocycles. The predicted molar refractivity (Wildman–Crippen MR) is 77.7 cm³/mol. The molecule has 18 heavy (non-hydrogen) atoms. The number of nitrogens with zero attached hydrogens (tertiary/aromatic N) is 1. The summed E-state index contributed by atoms with van der Waals surface area (Å²) < 4.78 is 0. The molecule has 0 saturated carbocycles. The van der Waals surface area contributed by atoms with Gasteiger partial charge in [-0.1, -0.05) is 43.7 Å². The maximum atomic E-state index is 5.77. The Balaban J connectivity index is 1.78. The molecule has 100 valence electrons. The molecule has 1 saturated heterocycles. The van der Waals surface area contributed by atoms with Gasteiger partial charge in [0.2, 0.25) is 0 Å². The summed E-state index contributed by atoms with van der Waals surface area (Å²) in [6, 6.07) is 10.9. The standard InChI is InChI=1S/C16H26N2/c1-2-14(12-17)8-10-18-11-9-16(13-18)15-6-4-3-5-7-15/h3-7,14,16H,2,8-13,17H2,1H3. The number of nitrogens with two attached hydrogens (primary N) is 1. The monoisotopic (exact) mass is 246 g/mol. The van der Waals surface area contributed by atoms with Crippen LogP contribution < -0.4 is 5.73 Å². The summed E-state index contributed by atoms with van der Waals surface area (Å²) in [6.45, 7) is 6.78. The predicted octanol–water partition coefficient (Wildman–Crippen LogP) is 2.85. The Bertz CT molecular complexity index is 332. The zero-order chi connectivity index (χ0) is 12.8. The van der Waals surface area contributed by atoms with Crippen LogP contribution in [0.3, 0.4) is 0 Å². The number of benzene rings is 1. The van der Waals surface area contributed by atoms with Gasteiger partial charge in [-0.15, -0.1) is 0 Å². The second-order valence-electron chi connectivity index (χ2n) is 5.50. The minimum absolute atomic E-state index is 0.709. The molecule has 1 heterocycles. The van der Waals surface area contributed by atoms with Crippen molar-refractivity contribution in [3.63, 3.8) is 0 Å². The molecule has 0 aromatic heterocycles. The molecular formula is C16H26N2. The maximum absolute atomic E-state index is 5.77. The van der Waals surface area contributed by atoms with Crippen molar-refractivity contribution < 1.29 is 0 Å². The summed E-state index contributed by atoms with van der Waals surface area (Å²) in [6.07, 6.45) is 3.78. The Labute approximate surface area is 111 Å². The number of rotatable bonds is 6. The van der Waals surface area contributed by atoms with Gasteiger partial charge in [-0.2, -0.15) is 0 Å². The summed E-state index contributed by atoms with van der Waals surface area (Å²) in [5.74, 6) is 1.45. The highest BCUT2D eigenvalue weighted by atomic mass is 15.1. The molecule has 1 aromatic carbocycles. The topological polar surface area (TPSA) is 29.3 Å². The summed E-state index contributed by atoms with van der Waals surface area (Å²) >= 11 is 0. The minimum Gasteiger partial charge on any atom is -0.330 e. The lowest BCUT2D eigenvalue weighted by Gasteiger charge is -2.19. The normalized spacial score (nSPS) is 22.2. The van der Waals surface area contributed by atoms with Gasteiger partial charge in [0.1, 0.15) is 0 Å². The second-order valence-corrected chi connectivity index (χ2v) is 5.50. The smallest absolute Gasteiger partial charge is 0.00507 e. The molecule has 0 spiro atoms. The first-order valence-electron chi connectivity index (χ1n) is 7.30. The Morgan fingerprint density at radius 3 is 2.78 bits per heavy atom. The van der Waals surface area contributed by atoms with Crippen molar-refractivity contribution >= 4 is 0 Å². The molecule has 1 aromatic rings. The average Bonchev–Trinajstić information content (AvgIpc) is 2.90. The fourth-order valence-electron chi connectivity index (χ4n) is 2.89. The van der Waals surface area contributed by atoms with Crippen molar-refractivity contribution in [2.75, 3.05) is 26.2 Å². The van der Waals surface area contributed by atoms with Crippen molar-refractivity contribution in [2.24, 2.45) is 11.7 Å². The third-order valence-electron chi connectivity index (χ3n) is 4.31. The van der Waals surface area contributed by atoms with Crippen LogP contribution in [-0.2, 0) is 0 Å². The Kier molecular flexibility index (Phi) is 5.21. The number of hydrogen-bond donors (Lipinski definition) is 1. The van der Waals surface area contributed by atoms with Crippen LogP contribution in [-0.4, -0.2) is 31.1 Å². The van der Waals surface area contributed by atoms with E-state index in [1.54, 1.807) is 0 Å². The van der Waals surface area contributed by atoms with Gasteiger partial charge in [0, 0.05) is 6.54 Å². The molecule has 1 fully saturated rings. The second kappa shape index (κ2) is 6.91. The van der Waals surface area contributed by atoms with E-state index in [2.05, 4.69) is 42.2 Å². The molecule has 2 heteroatoms. The molecule has 0 radical (unpaired) electrons. The van der Waals surface area contributed by atoms with Crippen LogP contribution in [0, 0.1) is 5.92 Å². The zero-order valence-corrected chi connectivity index (χ0v) is 11.5. The van der Waals surface area contributed by atoms with Gasteiger partial charge in [-0.25, -0.2) is 0 Å². The molecule has 2 unspecified atom stereocenters. The Hall–Kier alpha value is -0.860. The quantitative estimate of drug-likeness (QED) is 0.836. The highest BCUT2D eigenvalue weighted by Crippen LogP contribution is 2.27. The van der Waals surface area contributed by atoms with Crippen molar-refractivity contribution in [1.82, 2.24) is 4.90 Å². The van der Waals surface area contributed by atoms with E-state index in [0.717, 1.165) is 12.5 Å². The van der Waals surface area contributed by atoms with E-state index in [-0.39, 0.29) is 0 Å². The summed E-state index contributed by atoms with van der Waals surface area (Å²) in [4.78, 5) is 2.61. The zero-order valence-electron chi connectivity index (χ0n) is 11.5. The summed E-state index contributed by atoms with van der Waals surface area (Å²) in [7, 11) is 0. The van der Waals surface area contributed by atoms with Crippen molar-refractivity contribution in [3.05, 3.63) is 35.9 Å². The molecule has 0 bridgehead atoms. The molecular weight excluding hydrogens is 220 g/mol. The first kappa shape index (κ1) is 13.6. The highest BCUT2D eigenvalue weighted by molar-refractivity contribution is 5.20. The maximum Gasteiger partial charge on any atom is 0.00507 e. The van der Waals surface area contributed by atoms with E-state index in [1.807, 2.05) is 0 Å². The van der Waals surface area contributed by atoms with E-state index >= 15 is 0 Å². The third kappa shape index (κ3) is 3.56. The summed E-state index contributed by atoms with van der Waals surface area (Å²) in [5, 5.41) is 0. The largest absolute Gasteiger partial charge is 0.330 e. The molecule has 2 rings (SSSR count). The fourth-order valence-corrected chi connectivity index (χ4v) is 2.89. The third-order valence-corrected chi connectivity index (χ3v) is 4.31. The Morgan fingerprint density at radius 1 is 1.33 bits per heavy atom. The first-order chi connectivity index (χ1) is 8.83. The van der Waals surface area contributed by atoms with Crippen LogP contribution in [0.25, 0.3) is 0 Å². The molecule has 2 N–H and O–H groups in total. The molecule has 0 amide bonds. The van der Waals surface area contributed by atoms with Crippen molar-refractivity contribution in [2.45, 2.75) is 32.1 Å². The fraction of sp³-hybridized carbons (Fsp3) is 0.625. The lowest BCUT2D eigenvalue weighted by molar-refractivity contribution is 0.297. The van der Waals surface area contributed by atoms with Gasteiger partial charge in [-0.3, -0.25) is 0 Å². The van der Waals surface area contributed by atoms with E-state index in [0.29, 0.717) is 5.92 Å². The highest BCUT2D eigenvalue weighted by Gasteiger charge is 2.23. The molecule has 2 nitrogen and oxygen atoms in total. The van der Waals surface area contributed by atoms with Gasteiger partial charge >= 0.3 is 0 Å². The van der Waals surface area contributed by atoms with Crippen molar-refractivity contribution in [3.8, 4) is 0 Å². The SMILES string of the molecule is CCC(CN)CCN1CCC(c2ccccc2)C1. The number of likely N-dealkylation sites (tertiary alicyclic amines) is 1. The summed E-state index contributed by atoms with van der Waals surface area (Å²) in [5.41, 5.74) is 7.27. The van der Waals surface area contributed by atoms with Crippen LogP contribution in [0.1, 0.15) is 37.7 Å². The number of hydrogen-bond acceptors (Lipinski definition) is 2. The average molecular weight is 246 g/mol. The van der Waals surface area contributed by atoms with Gasteiger partial charge in [0.15, 0.2) is 0 Å². The van der Waals surface area contributed by atoms with Gasteiger partial charge in [0.05, 0.1) is 0 Å². The Morgan fingerprint density at radius 2 is 2.11 bits per heavy atom. The van der Waals surface area contributed by atoms with Gasteiger partial charge < -0.3 is 10.6 Å². The lowest BCUT2D eigenvalue weighted by atomic mass is 9.99. The van der Waals surface area contributed by atoms with Gasteiger partial charge in [-0.05, 0) is 49.9 Å². The van der Waals surface area contributed by atoms with Crippen LogP contribution in [0.2, 0.25) is 0 Å². The van der Waals surface area contributed by atoms with E-state index in [1.165, 1.54) is 44.5 Å².